The molecule has 1 fully saturated rings. The van der Waals surface area contributed by atoms with Gasteiger partial charge in [0, 0.05) is 16.3 Å². The monoisotopic (exact) mass is 266 g/mol. The fraction of sp³-hybridized carbons (Fsp3) is 0.462. The maximum Gasteiger partial charge on any atom is 0.101 e. The maximum absolute atomic E-state index is 9.09. The molecule has 0 amide bonds. The summed E-state index contributed by atoms with van der Waals surface area (Å²) < 4.78 is 0. The maximum atomic E-state index is 9.09. The Morgan fingerprint density at radius 2 is 2.29 bits per heavy atom. The summed E-state index contributed by atoms with van der Waals surface area (Å²) in [6.07, 6.45) is 5.85. The van der Waals surface area contributed by atoms with Crippen LogP contribution in [-0.2, 0) is 0 Å². The minimum atomic E-state index is 0.471. The van der Waals surface area contributed by atoms with Crippen LogP contribution in [-0.4, -0.2) is 17.5 Å². The first-order valence-electron chi connectivity index (χ1n) is 5.73. The van der Waals surface area contributed by atoms with E-state index >= 15 is 0 Å². The summed E-state index contributed by atoms with van der Waals surface area (Å²) in [5.74, 6) is 0. The van der Waals surface area contributed by atoms with E-state index in [2.05, 4.69) is 17.6 Å². The molecule has 4 heteroatoms. The topological polar surface area (TPSA) is 35.8 Å². The molecule has 17 heavy (non-hydrogen) atoms. The smallest absolute Gasteiger partial charge is 0.101 e. The number of rotatable bonds is 3. The van der Waals surface area contributed by atoms with Gasteiger partial charge in [-0.2, -0.15) is 17.0 Å². The van der Waals surface area contributed by atoms with Crippen LogP contribution in [0.3, 0.4) is 0 Å². The molecule has 90 valence electrons. The van der Waals surface area contributed by atoms with E-state index in [0.717, 1.165) is 5.69 Å². The van der Waals surface area contributed by atoms with Crippen molar-refractivity contribution in [1.29, 1.82) is 5.26 Å². The summed E-state index contributed by atoms with van der Waals surface area (Å²) in [7, 11) is 0. The second kappa shape index (κ2) is 5.66. The van der Waals surface area contributed by atoms with E-state index in [-0.39, 0.29) is 0 Å². The number of nitriles is 1. The second-order valence-electron chi connectivity index (χ2n) is 4.26. The summed E-state index contributed by atoms with van der Waals surface area (Å²) in [6, 6.07) is 8.10. The van der Waals surface area contributed by atoms with Gasteiger partial charge in [0.1, 0.15) is 6.07 Å². The molecule has 2 nitrogen and oxygen atoms in total. The molecule has 1 aromatic rings. The molecule has 1 aliphatic rings. The molecular weight excluding hydrogens is 252 g/mol. The molecule has 0 saturated heterocycles. The molecule has 0 bridgehead atoms. The normalized spacial score (nSPS) is 23.4. The van der Waals surface area contributed by atoms with Crippen molar-refractivity contribution in [3.05, 3.63) is 28.8 Å². The van der Waals surface area contributed by atoms with E-state index in [4.69, 9.17) is 16.9 Å². The first-order valence-corrected chi connectivity index (χ1v) is 7.40. The van der Waals surface area contributed by atoms with Crippen LogP contribution in [0.25, 0.3) is 0 Å². The summed E-state index contributed by atoms with van der Waals surface area (Å²) >= 11 is 7.79. The van der Waals surface area contributed by atoms with Crippen LogP contribution in [0.1, 0.15) is 24.8 Å². The molecule has 2 rings (SSSR count). The highest BCUT2D eigenvalue weighted by atomic mass is 35.5. The van der Waals surface area contributed by atoms with E-state index in [0.29, 0.717) is 21.9 Å². The van der Waals surface area contributed by atoms with Crippen molar-refractivity contribution in [2.45, 2.75) is 30.6 Å². The van der Waals surface area contributed by atoms with Gasteiger partial charge in [0.15, 0.2) is 0 Å². The highest BCUT2D eigenvalue weighted by molar-refractivity contribution is 7.99. The predicted octanol–water partition coefficient (Wildman–Crippen LogP) is 3.91. The predicted molar refractivity (Wildman–Crippen MR) is 74.7 cm³/mol. The summed E-state index contributed by atoms with van der Waals surface area (Å²) in [5.41, 5.74) is 1.53. The average molecular weight is 267 g/mol. The Morgan fingerprint density at radius 3 is 3.00 bits per heavy atom. The van der Waals surface area contributed by atoms with Gasteiger partial charge in [0.25, 0.3) is 0 Å². The fourth-order valence-corrected chi connectivity index (χ4v) is 3.41. The van der Waals surface area contributed by atoms with Crippen LogP contribution in [0.15, 0.2) is 18.2 Å². The van der Waals surface area contributed by atoms with E-state index in [1.54, 1.807) is 6.07 Å². The zero-order valence-electron chi connectivity index (χ0n) is 9.74. The quantitative estimate of drug-likeness (QED) is 0.901. The molecule has 0 aliphatic heterocycles. The van der Waals surface area contributed by atoms with E-state index in [9.17, 15) is 0 Å². The third kappa shape index (κ3) is 2.88. The lowest BCUT2D eigenvalue weighted by Gasteiger charge is -2.21. The third-order valence-electron chi connectivity index (χ3n) is 3.20. The first-order chi connectivity index (χ1) is 8.24. The number of nitrogens with zero attached hydrogens (tertiary/aromatic N) is 1. The second-order valence-corrected chi connectivity index (χ2v) is 5.77. The van der Waals surface area contributed by atoms with E-state index in [1.807, 2.05) is 23.9 Å². The van der Waals surface area contributed by atoms with Crippen LogP contribution < -0.4 is 5.32 Å². The third-order valence-corrected chi connectivity index (χ3v) is 4.60. The van der Waals surface area contributed by atoms with Crippen molar-refractivity contribution in [2.24, 2.45) is 0 Å². The molecular formula is C13H15ClN2S. The lowest BCUT2D eigenvalue weighted by atomic mass is 10.1. The Morgan fingerprint density at radius 1 is 1.47 bits per heavy atom. The van der Waals surface area contributed by atoms with Crippen LogP contribution in [0, 0.1) is 11.3 Å². The summed E-state index contributed by atoms with van der Waals surface area (Å²) in [6.45, 7) is 0. The molecule has 1 aromatic carbocycles. The van der Waals surface area contributed by atoms with Crippen molar-refractivity contribution in [3.63, 3.8) is 0 Å². The summed E-state index contributed by atoms with van der Waals surface area (Å²) in [5, 5.41) is 13.8. The molecule has 1 aliphatic carbocycles. The van der Waals surface area contributed by atoms with Crippen molar-refractivity contribution in [2.75, 3.05) is 11.6 Å². The molecule has 1 N–H and O–H groups in total. The molecule has 2 unspecified atom stereocenters. The molecule has 1 saturated carbocycles. The Hall–Kier alpha value is -0.850. The van der Waals surface area contributed by atoms with Gasteiger partial charge < -0.3 is 5.32 Å². The fourth-order valence-electron chi connectivity index (χ4n) is 2.31. The van der Waals surface area contributed by atoms with Crippen molar-refractivity contribution in [3.8, 4) is 6.07 Å². The Labute approximate surface area is 111 Å². The van der Waals surface area contributed by atoms with E-state index < -0.39 is 0 Å². The van der Waals surface area contributed by atoms with Gasteiger partial charge in [0.2, 0.25) is 0 Å². The number of nitrogens with one attached hydrogen (secondary N) is 1. The molecule has 0 heterocycles. The zero-order chi connectivity index (χ0) is 12.3. The van der Waals surface area contributed by atoms with Crippen LogP contribution in [0.4, 0.5) is 5.69 Å². The lowest BCUT2D eigenvalue weighted by molar-refractivity contribution is 0.768. The molecule has 0 spiro atoms. The van der Waals surface area contributed by atoms with Gasteiger partial charge in [0.05, 0.1) is 11.3 Å². The van der Waals surface area contributed by atoms with Gasteiger partial charge in [-0.3, -0.25) is 0 Å². The van der Waals surface area contributed by atoms with E-state index in [1.165, 1.54) is 19.3 Å². The molecule has 0 aromatic heterocycles. The Kier molecular flexibility index (Phi) is 4.20. The van der Waals surface area contributed by atoms with Gasteiger partial charge in [-0.1, -0.05) is 18.0 Å². The zero-order valence-corrected chi connectivity index (χ0v) is 11.3. The Bertz CT molecular complexity index is 442. The summed E-state index contributed by atoms with van der Waals surface area (Å²) in [4.78, 5) is 0. The minimum Gasteiger partial charge on any atom is -0.380 e. The van der Waals surface area contributed by atoms with Gasteiger partial charge in [-0.05, 0) is 37.3 Å². The SMILES string of the molecule is CSC1CCCC1Nc1ccc(Cl)cc1C#N. The van der Waals surface area contributed by atoms with Gasteiger partial charge in [-0.15, -0.1) is 0 Å². The average Bonchev–Trinajstić information content (AvgIpc) is 2.78. The number of hydrogen-bond donors (Lipinski definition) is 1. The highest BCUT2D eigenvalue weighted by Gasteiger charge is 2.26. The number of anilines is 1. The molecule has 0 radical (unpaired) electrons. The van der Waals surface area contributed by atoms with Gasteiger partial charge >= 0.3 is 0 Å². The van der Waals surface area contributed by atoms with Gasteiger partial charge in [-0.25, -0.2) is 0 Å². The minimum absolute atomic E-state index is 0.471. The Balaban J connectivity index is 2.16. The highest BCUT2D eigenvalue weighted by Crippen LogP contribution is 2.32. The van der Waals surface area contributed by atoms with Crippen molar-refractivity contribution < 1.29 is 0 Å². The number of hydrogen-bond acceptors (Lipinski definition) is 3. The number of thioether (sulfide) groups is 1. The standard InChI is InChI=1S/C13H15ClN2S/c1-17-13-4-2-3-12(13)16-11-6-5-10(14)7-9(11)8-15/h5-7,12-13,16H,2-4H2,1H3. The lowest BCUT2D eigenvalue weighted by Crippen LogP contribution is -2.26. The number of benzene rings is 1. The first kappa shape index (κ1) is 12.6. The van der Waals surface area contributed by atoms with Crippen molar-refractivity contribution >= 4 is 29.1 Å². The molecule has 2 atom stereocenters. The van der Waals surface area contributed by atoms with Crippen LogP contribution >= 0.6 is 23.4 Å². The van der Waals surface area contributed by atoms with Crippen LogP contribution in [0.5, 0.6) is 0 Å². The van der Waals surface area contributed by atoms with Crippen molar-refractivity contribution in [1.82, 2.24) is 0 Å². The largest absolute Gasteiger partial charge is 0.380 e. The van der Waals surface area contributed by atoms with Crippen LogP contribution in [0.2, 0.25) is 5.02 Å². The number of halogens is 1.